The van der Waals surface area contributed by atoms with Crippen molar-refractivity contribution in [3.8, 4) is 0 Å². The predicted octanol–water partition coefficient (Wildman–Crippen LogP) is -4.23. The molecule has 5 unspecified atom stereocenters. The molecule has 3 fully saturated rings. The van der Waals surface area contributed by atoms with E-state index in [4.69, 9.17) is 49.5 Å². The van der Waals surface area contributed by atoms with Gasteiger partial charge < -0.3 is 80.3 Å². The summed E-state index contributed by atoms with van der Waals surface area (Å²) in [5.41, 5.74) is 15.6. The zero-order chi connectivity index (χ0) is 56.6. The second-order valence-corrected chi connectivity index (χ2v) is 23.8. The molecule has 1 amide bonds. The fraction of sp³-hybridized carbons (Fsp3) is 0.543. The number of anilines is 3. The lowest BCUT2D eigenvalue weighted by Crippen LogP contribution is -2.35. The van der Waals surface area contributed by atoms with Crippen LogP contribution in [0, 0.1) is 5.92 Å². The van der Waals surface area contributed by atoms with Gasteiger partial charge in [-0.1, -0.05) is 0 Å². The van der Waals surface area contributed by atoms with Gasteiger partial charge >= 0.3 is 29.0 Å². The number of phosphoric ester groups is 3. The molecule has 9 heterocycles. The number of nitrogen functional groups attached to an aromatic ring is 3. The number of aliphatic hydroxyl groups excluding tert-OH is 3. The van der Waals surface area contributed by atoms with Crippen molar-refractivity contribution >= 4 is 88.4 Å². The smallest absolute Gasteiger partial charge is 0.490 e. The Morgan fingerprint density at radius 3 is 2.03 bits per heavy atom. The molecule has 0 radical (unpaired) electrons. The molecule has 39 nitrogen and oxygen atoms in total. The highest BCUT2D eigenvalue weighted by Gasteiger charge is 2.52. The van der Waals surface area contributed by atoms with Crippen molar-refractivity contribution in [1.29, 1.82) is 0 Å². The maximum atomic E-state index is 13.4. The molecular weight excluding hydrogens is 1140 g/mol. The number of nitrogens with zero attached hydrogens (tertiary/aromatic N) is 11. The summed E-state index contributed by atoms with van der Waals surface area (Å²) in [6, 6.07) is 0. The molecule has 0 aromatic carbocycles. The van der Waals surface area contributed by atoms with Crippen LogP contribution in [0.1, 0.15) is 31.5 Å². The third kappa shape index (κ3) is 11.8. The van der Waals surface area contributed by atoms with Gasteiger partial charge in [0.05, 0.1) is 51.7 Å². The zero-order valence-electron chi connectivity index (χ0n) is 40.3. The second-order valence-electron chi connectivity index (χ2n) is 17.8. The average Bonchev–Trinajstić information content (AvgIpc) is 4.28. The van der Waals surface area contributed by atoms with Crippen molar-refractivity contribution in [1.82, 2.24) is 58.5 Å². The lowest BCUT2D eigenvalue weighted by molar-refractivity contribution is -0.646. The summed E-state index contributed by atoms with van der Waals surface area (Å²) in [6.45, 7) is -3.28. The Hall–Kier alpha value is -5.60. The van der Waals surface area contributed by atoms with Crippen molar-refractivity contribution < 1.29 is 103 Å². The van der Waals surface area contributed by atoms with Crippen molar-refractivity contribution in [2.75, 3.05) is 51.1 Å². The van der Waals surface area contributed by atoms with E-state index in [1.54, 1.807) is 0 Å². The van der Waals surface area contributed by atoms with Gasteiger partial charge in [-0.2, -0.15) is 23.2 Å². The molecule has 6 aromatic heterocycles. The van der Waals surface area contributed by atoms with Crippen LogP contribution in [0.2, 0.25) is 0 Å². The standard InChI is InChI=1S/C35H48N16O23P4/c1-47(2)18(52)4-13-15(70-32(23(13)53)51-12-48(3)22-29(51)44-35(38)46-31(22)57)6-67-76(60,61)73-78(64,65)74-77(62,63)68-7-16-14(5-19(69-16)49-10-41-20-26(36)39-9-40-27(20)49)72-75(58,59)66-8-17-24(54)25(55)33(71-17)50-11-42-21-28(50)43-34(37)45-30(21)56/h9-17,19,23-25,32-33,53-55H,4-8H2,1-3H3,(H11-,36,37,38,39,40,43,44,45,46,56,57,58,59,60,61,62,63,64,65)/t13-,14+,15-,16?,17-,19-,23-,24-,25-,32-,33-/m1/s1. The highest BCUT2D eigenvalue weighted by Crippen LogP contribution is 2.68. The van der Waals surface area contributed by atoms with Gasteiger partial charge in [0.25, 0.3) is 24.5 Å². The van der Waals surface area contributed by atoms with Gasteiger partial charge in [0.2, 0.25) is 30.4 Å². The first kappa shape index (κ1) is 57.1. The predicted molar refractivity (Wildman–Crippen MR) is 251 cm³/mol. The number of imidazole rings is 3. The van der Waals surface area contributed by atoms with Crippen LogP contribution >= 0.6 is 31.3 Å². The van der Waals surface area contributed by atoms with Crippen LogP contribution in [0.3, 0.4) is 0 Å². The summed E-state index contributed by atoms with van der Waals surface area (Å²) in [4.78, 5) is 113. The number of amides is 1. The zero-order valence-corrected chi connectivity index (χ0v) is 43.8. The fourth-order valence-electron chi connectivity index (χ4n) is 8.73. The molecule has 0 spiro atoms. The van der Waals surface area contributed by atoms with Gasteiger partial charge in [-0.25, -0.2) is 38.2 Å². The normalized spacial score (nSPS) is 28.7. The Bertz CT molecular complexity index is 3600. The van der Waals surface area contributed by atoms with Crippen molar-refractivity contribution in [3.63, 3.8) is 0 Å². The van der Waals surface area contributed by atoms with Crippen LogP contribution in [0.5, 0.6) is 0 Å². The number of fused-ring (bicyclic) bond motifs is 3. The average molecular weight is 1180 g/mol. The first-order chi connectivity index (χ1) is 36.5. The van der Waals surface area contributed by atoms with Crippen LogP contribution in [-0.4, -0.2) is 171 Å². The van der Waals surface area contributed by atoms with E-state index in [2.05, 4.69) is 48.5 Å². The number of aromatic nitrogens is 12. The number of aromatic amines is 2. The van der Waals surface area contributed by atoms with E-state index >= 15 is 0 Å². The number of carbonyl (C=O) groups excluding carboxylic acids is 1. The molecule has 6 aromatic rings. The van der Waals surface area contributed by atoms with Crippen LogP contribution in [0.25, 0.3) is 33.5 Å². The van der Waals surface area contributed by atoms with E-state index in [1.165, 1.54) is 52.4 Å². The molecule has 15 atom stereocenters. The Labute approximate surface area is 433 Å². The number of nitrogens with one attached hydrogen (secondary N) is 2. The number of ether oxygens (including phenoxy) is 3. The molecule has 0 saturated carbocycles. The Morgan fingerprint density at radius 1 is 0.756 bits per heavy atom. The molecule has 3 aliphatic heterocycles. The number of hydrogen-bond acceptors (Lipinski definition) is 29. The second kappa shape index (κ2) is 21.5. The lowest BCUT2D eigenvalue weighted by Gasteiger charge is -2.29. The van der Waals surface area contributed by atoms with E-state index in [9.17, 15) is 67.5 Å². The number of nitrogens with two attached hydrogens (primary N) is 3. The molecular formula is C35H48N16O23P4. The molecule has 0 aliphatic carbocycles. The summed E-state index contributed by atoms with van der Waals surface area (Å²) in [6.07, 6.45) is -12.3. The number of H-pyrrole nitrogens is 2. The summed E-state index contributed by atoms with van der Waals surface area (Å²) in [7, 11) is -19.3. The van der Waals surface area contributed by atoms with Gasteiger partial charge in [0.1, 0.15) is 48.6 Å². The summed E-state index contributed by atoms with van der Waals surface area (Å²) in [5, 5.41) is 33.1. The molecule has 0 bridgehead atoms. The van der Waals surface area contributed by atoms with Crippen molar-refractivity contribution in [2.45, 2.75) is 74.3 Å². The molecule has 43 heteroatoms. The molecule has 78 heavy (non-hydrogen) atoms. The number of aryl methyl sites for hydroxylation is 1. The van der Waals surface area contributed by atoms with Gasteiger partial charge in [0, 0.05) is 32.9 Å². The molecule has 14 N–H and O–H groups in total. The van der Waals surface area contributed by atoms with Crippen molar-refractivity contribution in [3.05, 3.63) is 46.0 Å². The number of rotatable bonds is 20. The maximum absolute atomic E-state index is 13.4. The quantitative estimate of drug-likeness (QED) is 0.0255. The van der Waals surface area contributed by atoms with E-state index < -0.39 is 148 Å². The third-order valence-electron chi connectivity index (χ3n) is 12.3. The minimum atomic E-state index is -6.21. The topological polar surface area (TPSA) is 556 Å². The van der Waals surface area contributed by atoms with Crippen LogP contribution in [-0.2, 0) is 71.0 Å². The van der Waals surface area contributed by atoms with Gasteiger partial charge in [-0.05, 0) is 0 Å². The minimum absolute atomic E-state index is 0.00603. The van der Waals surface area contributed by atoms with E-state index in [0.717, 1.165) is 17.2 Å². The van der Waals surface area contributed by atoms with Crippen LogP contribution < -0.4 is 37.8 Å². The highest BCUT2D eigenvalue weighted by molar-refractivity contribution is 7.66. The molecule has 3 aliphatic rings. The molecule has 9 rings (SSSR count). The SMILES string of the molecule is CN(C)C(=O)C[C@H]1[C@@H](O)[C@H](n2c[n+](C)c3c(=O)[nH]c(N)nc32)O[C@@H]1COP(=O)(O)OP(=O)(O)OP(=O)(O)OCC1O[C@@H](n2cnc3c(N)ncnc32)C[C@@H]1OP(=O)([O-])OC[C@H]1O[C@@H](n2cnc3c(=O)[nH]c(N)nc32)[C@H](O)[C@@H]1O. The first-order valence-corrected chi connectivity index (χ1v) is 28.4. The Kier molecular flexibility index (Phi) is 15.7. The lowest BCUT2D eigenvalue weighted by atomic mass is 9.94. The minimum Gasteiger partial charge on any atom is -0.756 e. The Morgan fingerprint density at radius 2 is 1.35 bits per heavy atom. The summed E-state index contributed by atoms with van der Waals surface area (Å²) in [5.74, 6) is -2.46. The first-order valence-electron chi connectivity index (χ1n) is 22.5. The summed E-state index contributed by atoms with van der Waals surface area (Å²) < 4.78 is 104. The highest BCUT2D eigenvalue weighted by atomic mass is 31.3. The van der Waals surface area contributed by atoms with Crippen molar-refractivity contribution in [2.24, 2.45) is 13.0 Å². The molecule has 3 saturated heterocycles. The third-order valence-corrected chi connectivity index (χ3v) is 17.6. The van der Waals surface area contributed by atoms with Crippen LogP contribution in [0.4, 0.5) is 17.7 Å². The number of phosphoric acid groups is 4. The van der Waals surface area contributed by atoms with Gasteiger partial charge in [-0.3, -0.25) is 47.1 Å². The maximum Gasteiger partial charge on any atom is 0.490 e. The largest absolute Gasteiger partial charge is 0.756 e. The number of aliphatic hydroxyl groups is 3. The Balaban J connectivity index is 0.856. The molecule has 426 valence electrons. The summed E-state index contributed by atoms with van der Waals surface area (Å²) >= 11 is 0. The van der Waals surface area contributed by atoms with Gasteiger partial charge in [-0.15, -0.1) is 0 Å². The fourth-order valence-corrected chi connectivity index (χ4v) is 13.2. The van der Waals surface area contributed by atoms with Crippen LogP contribution in [0.15, 0.2) is 34.9 Å². The van der Waals surface area contributed by atoms with E-state index in [1.807, 2.05) is 0 Å². The van der Waals surface area contributed by atoms with E-state index in [-0.39, 0.29) is 51.2 Å². The van der Waals surface area contributed by atoms with E-state index in [0.29, 0.717) is 0 Å². The number of hydrogen-bond donors (Lipinski definition) is 11. The number of carbonyl (C=O) groups is 1. The van der Waals surface area contributed by atoms with Gasteiger partial charge in [0.15, 0.2) is 28.9 Å². The monoisotopic (exact) mass is 1180 g/mol.